The van der Waals surface area contributed by atoms with E-state index in [0.29, 0.717) is 17.0 Å². The lowest BCUT2D eigenvalue weighted by Gasteiger charge is -2.21. The lowest BCUT2D eigenvalue weighted by Crippen LogP contribution is -2.32. The van der Waals surface area contributed by atoms with E-state index in [-0.39, 0.29) is 0 Å². The third-order valence-corrected chi connectivity index (χ3v) is 4.07. The van der Waals surface area contributed by atoms with Crippen LogP contribution in [0.5, 0.6) is 5.75 Å². The first-order valence-electron chi connectivity index (χ1n) is 9.06. The molecule has 1 N–H and O–H groups in total. The van der Waals surface area contributed by atoms with Crippen LogP contribution in [0, 0.1) is 5.82 Å². The number of anilines is 1. The van der Waals surface area contributed by atoms with Crippen LogP contribution in [0.4, 0.5) is 10.1 Å². The fourth-order valence-corrected chi connectivity index (χ4v) is 2.61. The number of hydrogen-bond donors (Lipinski definition) is 1. The van der Waals surface area contributed by atoms with Crippen molar-refractivity contribution in [2.45, 2.75) is 19.1 Å². The van der Waals surface area contributed by atoms with Crippen LogP contribution in [0.25, 0.3) is 0 Å². The largest absolute Gasteiger partial charge is 0.479 e. The number of esters is 1. The van der Waals surface area contributed by atoms with Crippen molar-refractivity contribution in [3.05, 3.63) is 96.3 Å². The number of amides is 1. The maximum Gasteiger partial charge on any atom is 0.348 e. The number of rotatable bonds is 7. The van der Waals surface area contributed by atoms with Gasteiger partial charge in [0, 0.05) is 11.3 Å². The van der Waals surface area contributed by atoms with Gasteiger partial charge in [0.25, 0.3) is 5.91 Å². The molecule has 0 bridgehead atoms. The number of ether oxygens (including phenoxy) is 2. The molecule has 29 heavy (non-hydrogen) atoms. The molecule has 0 saturated carbocycles. The lowest BCUT2D eigenvalue weighted by molar-refractivity contribution is -0.161. The van der Waals surface area contributed by atoms with E-state index in [4.69, 9.17) is 9.47 Å². The summed E-state index contributed by atoms with van der Waals surface area (Å²) in [6.45, 7) is 1.55. The molecule has 2 atom stereocenters. The third-order valence-electron chi connectivity index (χ3n) is 4.07. The zero-order chi connectivity index (χ0) is 20.6. The smallest absolute Gasteiger partial charge is 0.348 e. The molecule has 0 unspecified atom stereocenters. The molecule has 5 nitrogen and oxygen atoms in total. The van der Waals surface area contributed by atoms with Gasteiger partial charge in [-0.2, -0.15) is 0 Å². The van der Waals surface area contributed by atoms with Gasteiger partial charge < -0.3 is 14.8 Å². The van der Waals surface area contributed by atoms with Crippen LogP contribution in [-0.2, 0) is 14.3 Å². The maximum absolute atomic E-state index is 13.1. The first-order valence-corrected chi connectivity index (χ1v) is 9.06. The van der Waals surface area contributed by atoms with Crippen molar-refractivity contribution < 1.29 is 23.5 Å². The van der Waals surface area contributed by atoms with E-state index in [9.17, 15) is 14.0 Å². The van der Waals surface area contributed by atoms with E-state index in [0.717, 1.165) is 0 Å². The summed E-state index contributed by atoms with van der Waals surface area (Å²) < 4.78 is 24.1. The third kappa shape index (κ3) is 5.65. The van der Waals surface area contributed by atoms with Crippen LogP contribution in [0.3, 0.4) is 0 Å². The van der Waals surface area contributed by atoms with E-state index in [1.807, 2.05) is 6.07 Å². The van der Waals surface area contributed by atoms with Crippen LogP contribution < -0.4 is 10.1 Å². The van der Waals surface area contributed by atoms with Crippen molar-refractivity contribution in [3.8, 4) is 5.75 Å². The summed E-state index contributed by atoms with van der Waals surface area (Å²) in [5, 5.41) is 2.64. The molecule has 148 valence electrons. The van der Waals surface area contributed by atoms with Gasteiger partial charge in [-0.25, -0.2) is 9.18 Å². The molecular formula is C23H20FNO4. The SMILES string of the molecule is C[C@H](Oc1ccccc1)C(=O)O[C@H](C(=O)Nc1ccc(F)cc1)c1ccccc1. The molecule has 0 spiro atoms. The normalized spacial score (nSPS) is 12.5. The second kappa shape index (κ2) is 9.50. The molecule has 1 amide bonds. The minimum atomic E-state index is -1.18. The molecule has 0 radical (unpaired) electrons. The number of nitrogens with one attached hydrogen (secondary N) is 1. The number of carbonyl (C=O) groups is 2. The van der Waals surface area contributed by atoms with Gasteiger partial charge in [0.2, 0.25) is 6.10 Å². The van der Waals surface area contributed by atoms with Crippen molar-refractivity contribution >= 4 is 17.6 Å². The number of benzene rings is 3. The van der Waals surface area contributed by atoms with Crippen LogP contribution >= 0.6 is 0 Å². The van der Waals surface area contributed by atoms with Crippen molar-refractivity contribution in [2.24, 2.45) is 0 Å². The first-order chi connectivity index (χ1) is 14.0. The van der Waals surface area contributed by atoms with E-state index < -0.39 is 29.9 Å². The van der Waals surface area contributed by atoms with Gasteiger partial charge in [0.05, 0.1) is 0 Å². The predicted octanol–water partition coefficient (Wildman–Crippen LogP) is 4.52. The molecule has 3 aromatic carbocycles. The Morgan fingerprint density at radius 3 is 2.07 bits per heavy atom. The Hall–Kier alpha value is -3.67. The summed E-state index contributed by atoms with van der Waals surface area (Å²) in [7, 11) is 0. The minimum absolute atomic E-state index is 0.391. The summed E-state index contributed by atoms with van der Waals surface area (Å²) in [6, 6.07) is 22.8. The van der Waals surface area contributed by atoms with Gasteiger partial charge in [0.1, 0.15) is 11.6 Å². The summed E-state index contributed by atoms with van der Waals surface area (Å²) in [5.41, 5.74) is 0.898. The van der Waals surface area contributed by atoms with Gasteiger partial charge >= 0.3 is 5.97 Å². The molecule has 0 aliphatic carbocycles. The highest BCUT2D eigenvalue weighted by molar-refractivity contribution is 5.96. The van der Waals surface area contributed by atoms with E-state index in [2.05, 4.69) is 5.32 Å². The van der Waals surface area contributed by atoms with Crippen LogP contribution in [0.1, 0.15) is 18.6 Å². The average Bonchev–Trinajstić information content (AvgIpc) is 2.74. The molecule has 6 heteroatoms. The van der Waals surface area contributed by atoms with E-state index >= 15 is 0 Å². The molecule has 0 aliphatic rings. The summed E-state index contributed by atoms with van der Waals surface area (Å²) >= 11 is 0. The molecule has 0 fully saturated rings. The van der Waals surface area contributed by atoms with Crippen molar-refractivity contribution in [2.75, 3.05) is 5.32 Å². The maximum atomic E-state index is 13.1. The number of para-hydroxylation sites is 1. The second-order valence-corrected chi connectivity index (χ2v) is 6.30. The Kier molecular flexibility index (Phi) is 6.58. The highest BCUT2D eigenvalue weighted by Crippen LogP contribution is 2.22. The van der Waals surface area contributed by atoms with Gasteiger partial charge in [-0.15, -0.1) is 0 Å². The van der Waals surface area contributed by atoms with Crippen molar-refractivity contribution in [1.29, 1.82) is 0 Å². The number of hydrogen-bond acceptors (Lipinski definition) is 4. The zero-order valence-electron chi connectivity index (χ0n) is 15.7. The van der Waals surface area contributed by atoms with Gasteiger partial charge in [0.15, 0.2) is 6.10 Å². The highest BCUT2D eigenvalue weighted by atomic mass is 19.1. The molecule has 3 aromatic rings. The van der Waals surface area contributed by atoms with Gasteiger partial charge in [-0.3, -0.25) is 4.79 Å². The van der Waals surface area contributed by atoms with Gasteiger partial charge in [-0.1, -0.05) is 48.5 Å². The van der Waals surface area contributed by atoms with Gasteiger partial charge in [-0.05, 0) is 43.3 Å². The second-order valence-electron chi connectivity index (χ2n) is 6.30. The van der Waals surface area contributed by atoms with Crippen LogP contribution in [-0.4, -0.2) is 18.0 Å². The Labute approximate surface area is 168 Å². The Balaban J connectivity index is 1.74. The standard InChI is InChI=1S/C23H20FNO4/c1-16(28-20-10-6-3-7-11-20)23(27)29-21(17-8-4-2-5-9-17)22(26)25-19-14-12-18(24)13-15-19/h2-16,21H,1H3,(H,25,26)/t16-,21-/m0/s1. The monoisotopic (exact) mass is 393 g/mol. The Bertz CT molecular complexity index is 946. The predicted molar refractivity (Wildman–Crippen MR) is 107 cm³/mol. The lowest BCUT2D eigenvalue weighted by atomic mass is 10.1. The Morgan fingerprint density at radius 1 is 0.862 bits per heavy atom. The Morgan fingerprint density at radius 2 is 1.45 bits per heavy atom. The molecule has 0 saturated heterocycles. The molecule has 3 rings (SSSR count). The minimum Gasteiger partial charge on any atom is -0.479 e. The molecule has 0 aromatic heterocycles. The summed E-state index contributed by atoms with van der Waals surface area (Å²) in [5.74, 6) is -1.13. The zero-order valence-corrected chi connectivity index (χ0v) is 15.7. The number of halogens is 1. The quantitative estimate of drug-likeness (QED) is 0.600. The average molecular weight is 393 g/mol. The van der Waals surface area contributed by atoms with E-state index in [1.54, 1.807) is 61.5 Å². The topological polar surface area (TPSA) is 64.6 Å². The van der Waals surface area contributed by atoms with Crippen molar-refractivity contribution in [1.82, 2.24) is 0 Å². The fraction of sp³-hybridized carbons (Fsp3) is 0.130. The molecule has 0 heterocycles. The highest BCUT2D eigenvalue weighted by Gasteiger charge is 2.28. The molecular weight excluding hydrogens is 373 g/mol. The molecule has 0 aliphatic heterocycles. The number of carbonyl (C=O) groups excluding carboxylic acids is 2. The fourth-order valence-electron chi connectivity index (χ4n) is 2.61. The van der Waals surface area contributed by atoms with Crippen LogP contribution in [0.2, 0.25) is 0 Å². The first kappa shape index (κ1) is 20.1. The van der Waals surface area contributed by atoms with Crippen LogP contribution in [0.15, 0.2) is 84.9 Å². The van der Waals surface area contributed by atoms with E-state index in [1.165, 1.54) is 24.3 Å². The summed E-state index contributed by atoms with van der Waals surface area (Å²) in [4.78, 5) is 25.3. The summed E-state index contributed by atoms with van der Waals surface area (Å²) in [6.07, 6.45) is -2.10. The van der Waals surface area contributed by atoms with Crippen molar-refractivity contribution in [3.63, 3.8) is 0 Å².